The second-order valence-electron chi connectivity index (χ2n) is 4.58. The van der Waals surface area contributed by atoms with Crippen LogP contribution < -0.4 is 0 Å². The van der Waals surface area contributed by atoms with Gasteiger partial charge in [-0.15, -0.1) is 0 Å². The molecule has 2 rings (SSSR count). The molecular formula is C15H14ClN3O2. The van der Waals surface area contributed by atoms with Crippen molar-refractivity contribution >= 4 is 29.7 Å². The lowest BCUT2D eigenvalue weighted by molar-refractivity contribution is -0.103. The fourth-order valence-corrected chi connectivity index (χ4v) is 2.16. The average molecular weight is 304 g/mol. The zero-order valence-corrected chi connectivity index (χ0v) is 12.4. The highest BCUT2D eigenvalue weighted by Gasteiger charge is 2.19. The van der Waals surface area contributed by atoms with E-state index in [1.165, 1.54) is 4.68 Å². The normalized spacial score (nSPS) is 11.3. The molecule has 6 heteroatoms. The molecule has 1 aromatic carbocycles. The Morgan fingerprint density at radius 2 is 1.90 bits per heavy atom. The van der Waals surface area contributed by atoms with E-state index in [-0.39, 0.29) is 16.4 Å². The third-order valence-corrected chi connectivity index (χ3v) is 3.14. The summed E-state index contributed by atoms with van der Waals surface area (Å²) >= 11 is 6.21. The van der Waals surface area contributed by atoms with E-state index in [0.717, 1.165) is 0 Å². The molecule has 0 saturated heterocycles. The lowest BCUT2D eigenvalue weighted by Gasteiger charge is -2.06. The Kier molecular flexibility index (Phi) is 4.55. The number of carbonyl (C=O) groups is 2. The van der Waals surface area contributed by atoms with Crippen LogP contribution in [0.3, 0.4) is 0 Å². The third-order valence-electron chi connectivity index (χ3n) is 2.78. The number of aromatic nitrogens is 2. The fraction of sp³-hybridized carbons (Fsp3) is 0.133. The molecule has 0 fully saturated rings. The van der Waals surface area contributed by atoms with E-state index >= 15 is 0 Å². The first-order chi connectivity index (χ1) is 10.1. The molecule has 0 aliphatic rings. The molecule has 0 bridgehead atoms. The lowest BCUT2D eigenvalue weighted by Crippen LogP contribution is -2.05. The van der Waals surface area contributed by atoms with Gasteiger partial charge in [-0.05, 0) is 12.1 Å². The van der Waals surface area contributed by atoms with E-state index in [4.69, 9.17) is 11.6 Å². The van der Waals surface area contributed by atoms with Gasteiger partial charge in [0.2, 0.25) is 0 Å². The summed E-state index contributed by atoms with van der Waals surface area (Å²) < 4.78 is 1.44. The summed E-state index contributed by atoms with van der Waals surface area (Å²) in [5, 5.41) is 4.48. The zero-order chi connectivity index (χ0) is 15.4. The van der Waals surface area contributed by atoms with Crippen LogP contribution in [0.15, 0.2) is 36.5 Å². The molecule has 0 amide bonds. The van der Waals surface area contributed by atoms with Crippen LogP contribution in [0.5, 0.6) is 0 Å². The van der Waals surface area contributed by atoms with Crippen molar-refractivity contribution in [2.75, 3.05) is 14.1 Å². The van der Waals surface area contributed by atoms with E-state index < -0.39 is 0 Å². The van der Waals surface area contributed by atoms with Crippen molar-refractivity contribution in [2.45, 2.75) is 0 Å². The molecule has 5 nitrogen and oxygen atoms in total. The Labute approximate surface area is 127 Å². The van der Waals surface area contributed by atoms with Gasteiger partial charge in [-0.2, -0.15) is 5.10 Å². The van der Waals surface area contributed by atoms with Crippen LogP contribution in [0.1, 0.15) is 16.1 Å². The Hall–Kier alpha value is -2.40. The maximum Gasteiger partial charge on any atom is 0.155 e. The van der Waals surface area contributed by atoms with Crippen LogP contribution in [-0.2, 0) is 4.79 Å². The highest BCUT2D eigenvalue weighted by Crippen LogP contribution is 2.26. The molecule has 0 spiro atoms. The number of para-hydroxylation sites is 1. The van der Waals surface area contributed by atoms with E-state index in [0.29, 0.717) is 23.8 Å². The first-order valence-electron chi connectivity index (χ1n) is 6.21. The zero-order valence-electron chi connectivity index (χ0n) is 11.7. The van der Waals surface area contributed by atoms with Crippen LogP contribution in [0, 0.1) is 0 Å². The van der Waals surface area contributed by atoms with Crippen LogP contribution >= 0.6 is 11.6 Å². The van der Waals surface area contributed by atoms with Gasteiger partial charge in [-0.1, -0.05) is 29.8 Å². The number of hydrogen-bond donors (Lipinski definition) is 0. The molecular weight excluding hydrogens is 290 g/mol. The highest BCUT2D eigenvalue weighted by atomic mass is 35.5. The number of halogens is 1. The van der Waals surface area contributed by atoms with E-state index in [1.54, 1.807) is 25.2 Å². The summed E-state index contributed by atoms with van der Waals surface area (Å²) in [5.41, 5.74) is 1.47. The Morgan fingerprint density at radius 1 is 1.24 bits per heavy atom. The molecule has 0 unspecified atom stereocenters. The molecule has 0 atom stereocenters. The minimum Gasteiger partial charge on any atom is -0.383 e. The van der Waals surface area contributed by atoms with Gasteiger partial charge in [0.05, 0.1) is 16.8 Å². The summed E-state index contributed by atoms with van der Waals surface area (Å²) in [6.07, 6.45) is 2.85. The second-order valence-corrected chi connectivity index (χ2v) is 4.94. The standard InChI is InChI=1S/C15H14ClN3O2/c1-18(2)8-11(9-20)14-13(10-21)15(16)19(17-14)12-6-4-3-5-7-12/h3-10H,1-2H3/b11-8-. The quantitative estimate of drug-likeness (QED) is 0.629. The molecule has 21 heavy (non-hydrogen) atoms. The van der Waals surface area contributed by atoms with Crippen molar-refractivity contribution < 1.29 is 9.59 Å². The smallest absolute Gasteiger partial charge is 0.155 e. The van der Waals surface area contributed by atoms with Gasteiger partial charge in [0.15, 0.2) is 12.6 Å². The van der Waals surface area contributed by atoms with Gasteiger partial charge in [0.25, 0.3) is 0 Å². The SMILES string of the molecule is CN(C)/C=C(/C=O)c1nn(-c2ccccc2)c(Cl)c1C=O. The van der Waals surface area contributed by atoms with Gasteiger partial charge in [0.1, 0.15) is 10.8 Å². The van der Waals surface area contributed by atoms with Crippen molar-refractivity contribution in [3.05, 3.63) is 52.9 Å². The van der Waals surface area contributed by atoms with Crippen LogP contribution in [0.2, 0.25) is 5.15 Å². The predicted octanol–water partition coefficient (Wildman–Crippen LogP) is 2.44. The summed E-state index contributed by atoms with van der Waals surface area (Å²) in [6, 6.07) is 9.17. The van der Waals surface area contributed by atoms with Gasteiger partial charge < -0.3 is 4.90 Å². The Morgan fingerprint density at radius 3 is 2.43 bits per heavy atom. The van der Waals surface area contributed by atoms with Crippen LogP contribution in [-0.4, -0.2) is 41.3 Å². The van der Waals surface area contributed by atoms with Gasteiger partial charge in [-0.3, -0.25) is 9.59 Å². The monoisotopic (exact) mass is 303 g/mol. The van der Waals surface area contributed by atoms with E-state index in [9.17, 15) is 9.59 Å². The summed E-state index contributed by atoms with van der Waals surface area (Å²) in [7, 11) is 3.56. The summed E-state index contributed by atoms with van der Waals surface area (Å²) in [6.45, 7) is 0. The Bertz CT molecular complexity index is 690. The van der Waals surface area contributed by atoms with Crippen molar-refractivity contribution in [1.82, 2.24) is 14.7 Å². The highest BCUT2D eigenvalue weighted by molar-refractivity contribution is 6.33. The van der Waals surface area contributed by atoms with E-state index in [2.05, 4.69) is 5.10 Å². The van der Waals surface area contributed by atoms with E-state index in [1.807, 2.05) is 30.3 Å². The van der Waals surface area contributed by atoms with Gasteiger partial charge >= 0.3 is 0 Å². The molecule has 1 heterocycles. The van der Waals surface area contributed by atoms with Crippen molar-refractivity contribution in [3.8, 4) is 5.69 Å². The molecule has 108 valence electrons. The first kappa shape index (κ1) is 15.0. The van der Waals surface area contributed by atoms with Crippen LogP contribution in [0.25, 0.3) is 11.3 Å². The van der Waals surface area contributed by atoms with Crippen LogP contribution in [0.4, 0.5) is 0 Å². The number of benzene rings is 1. The lowest BCUT2D eigenvalue weighted by atomic mass is 10.1. The van der Waals surface area contributed by atoms with Crippen molar-refractivity contribution in [2.24, 2.45) is 0 Å². The number of hydrogen-bond acceptors (Lipinski definition) is 4. The summed E-state index contributed by atoms with van der Waals surface area (Å²) in [4.78, 5) is 24.3. The first-order valence-corrected chi connectivity index (χ1v) is 6.59. The maximum absolute atomic E-state index is 11.3. The fourth-order valence-electron chi connectivity index (χ4n) is 1.89. The number of nitrogens with zero attached hydrogens (tertiary/aromatic N) is 3. The average Bonchev–Trinajstić information content (AvgIpc) is 2.82. The molecule has 0 saturated carbocycles. The number of rotatable bonds is 5. The minimum absolute atomic E-state index is 0.178. The topological polar surface area (TPSA) is 55.2 Å². The van der Waals surface area contributed by atoms with Crippen molar-refractivity contribution in [1.29, 1.82) is 0 Å². The number of carbonyl (C=O) groups excluding carboxylic acids is 2. The molecule has 0 aliphatic heterocycles. The second kappa shape index (κ2) is 6.37. The largest absolute Gasteiger partial charge is 0.383 e. The third kappa shape index (κ3) is 3.03. The summed E-state index contributed by atoms with van der Waals surface area (Å²) in [5.74, 6) is 0. The van der Waals surface area contributed by atoms with Gasteiger partial charge in [0, 0.05) is 20.3 Å². The predicted molar refractivity (Wildman–Crippen MR) is 81.7 cm³/mol. The molecule has 1 aromatic heterocycles. The number of allylic oxidation sites excluding steroid dienone is 1. The Balaban J connectivity index is 2.64. The molecule has 0 N–H and O–H groups in total. The minimum atomic E-state index is 0.178. The number of aldehydes is 2. The molecule has 2 aromatic rings. The molecule has 0 radical (unpaired) electrons. The maximum atomic E-state index is 11.3. The van der Waals surface area contributed by atoms with Crippen molar-refractivity contribution in [3.63, 3.8) is 0 Å². The van der Waals surface area contributed by atoms with Gasteiger partial charge in [-0.25, -0.2) is 4.68 Å². The molecule has 0 aliphatic carbocycles.